The zero-order valence-corrected chi connectivity index (χ0v) is 29.9. The van der Waals surface area contributed by atoms with Gasteiger partial charge in [0.25, 0.3) is 5.91 Å². The molecule has 0 aliphatic rings. The second kappa shape index (κ2) is 18.1. The van der Waals surface area contributed by atoms with E-state index in [2.05, 4.69) is 48.3 Å². The van der Waals surface area contributed by atoms with E-state index in [4.69, 9.17) is 4.74 Å². The molecule has 0 spiro atoms. The number of benzene rings is 3. The number of aromatic nitrogens is 2. The summed E-state index contributed by atoms with van der Waals surface area (Å²) >= 11 is 0. The van der Waals surface area contributed by atoms with Crippen molar-refractivity contribution in [3.05, 3.63) is 102 Å². The standard InChI is InChI=1S/C41H50N4O5/c1-6-8-9-10-11-24-50-34-22-18-29(19-23-34)32-26-42-37(43-27-32)30-14-12-28(13-15-30)25-36(39(47)44-35(7-2)40(48)49)45-38(46)31-16-20-33(21-17-31)41(3,4)5/h12-23,26-27,35-36H,6-11,24-25H2,1-5H3,(H,44,47)(H,45,46)(H,48,49). The number of nitrogens with zero attached hydrogens (tertiary/aromatic N) is 2. The van der Waals surface area contributed by atoms with Crippen molar-refractivity contribution in [2.24, 2.45) is 0 Å². The van der Waals surface area contributed by atoms with Crippen molar-refractivity contribution >= 4 is 17.8 Å². The monoisotopic (exact) mass is 678 g/mol. The molecule has 0 fully saturated rings. The molecule has 264 valence electrons. The van der Waals surface area contributed by atoms with Gasteiger partial charge in [0, 0.05) is 35.5 Å². The average Bonchev–Trinajstić information content (AvgIpc) is 3.12. The van der Waals surface area contributed by atoms with Crippen LogP contribution in [0.2, 0.25) is 0 Å². The Morgan fingerprint density at radius 2 is 1.36 bits per heavy atom. The molecule has 2 unspecified atom stereocenters. The van der Waals surface area contributed by atoms with Gasteiger partial charge in [-0.25, -0.2) is 14.8 Å². The van der Waals surface area contributed by atoms with Gasteiger partial charge < -0.3 is 20.5 Å². The van der Waals surface area contributed by atoms with Crippen LogP contribution in [0.1, 0.15) is 94.6 Å². The SMILES string of the molecule is CCCCCCCOc1ccc(-c2cnc(-c3ccc(CC(NC(=O)c4ccc(C(C)(C)C)cc4)C(=O)NC(CC)C(=O)O)cc3)nc2)cc1. The van der Waals surface area contributed by atoms with Crippen LogP contribution < -0.4 is 15.4 Å². The molecular weight excluding hydrogens is 628 g/mol. The van der Waals surface area contributed by atoms with Crippen LogP contribution in [0.25, 0.3) is 22.5 Å². The highest BCUT2D eigenvalue weighted by atomic mass is 16.5. The summed E-state index contributed by atoms with van der Waals surface area (Å²) in [6, 6.07) is 20.6. The van der Waals surface area contributed by atoms with Crippen LogP contribution in [0.5, 0.6) is 5.75 Å². The van der Waals surface area contributed by atoms with Gasteiger partial charge in [-0.3, -0.25) is 9.59 Å². The number of ether oxygens (including phenoxy) is 1. The Labute approximate surface area is 295 Å². The number of hydrogen-bond donors (Lipinski definition) is 3. The van der Waals surface area contributed by atoms with Crippen molar-refractivity contribution in [1.29, 1.82) is 0 Å². The molecule has 4 rings (SSSR count). The van der Waals surface area contributed by atoms with Crippen molar-refractivity contribution in [3.8, 4) is 28.3 Å². The van der Waals surface area contributed by atoms with E-state index in [0.29, 0.717) is 11.4 Å². The number of rotatable bonds is 17. The first kappa shape index (κ1) is 37.8. The smallest absolute Gasteiger partial charge is 0.326 e. The van der Waals surface area contributed by atoms with Gasteiger partial charge in [0.05, 0.1) is 6.61 Å². The van der Waals surface area contributed by atoms with Crippen molar-refractivity contribution in [1.82, 2.24) is 20.6 Å². The predicted octanol–water partition coefficient (Wildman–Crippen LogP) is 7.78. The lowest BCUT2D eigenvalue weighted by Gasteiger charge is -2.22. The Balaban J connectivity index is 1.41. The topological polar surface area (TPSA) is 131 Å². The van der Waals surface area contributed by atoms with Crippen molar-refractivity contribution < 1.29 is 24.2 Å². The molecule has 2 atom stereocenters. The second-order valence-electron chi connectivity index (χ2n) is 13.6. The quantitative estimate of drug-likeness (QED) is 0.0973. The maximum atomic E-state index is 13.3. The van der Waals surface area contributed by atoms with E-state index < -0.39 is 29.9 Å². The lowest BCUT2D eigenvalue weighted by Crippen LogP contribution is -2.52. The van der Waals surface area contributed by atoms with Gasteiger partial charge in [-0.2, -0.15) is 0 Å². The molecule has 2 amide bonds. The molecule has 0 saturated heterocycles. The highest BCUT2D eigenvalue weighted by Gasteiger charge is 2.26. The number of carbonyl (C=O) groups excluding carboxylic acids is 2. The minimum atomic E-state index is -1.13. The Kier molecular flexibility index (Phi) is 13.7. The van der Waals surface area contributed by atoms with E-state index >= 15 is 0 Å². The molecule has 4 aromatic rings. The summed E-state index contributed by atoms with van der Waals surface area (Å²) < 4.78 is 5.89. The van der Waals surface area contributed by atoms with Gasteiger partial charge in [0.2, 0.25) is 5.91 Å². The number of carboxylic acids is 1. The molecule has 3 N–H and O–H groups in total. The zero-order valence-electron chi connectivity index (χ0n) is 29.9. The summed E-state index contributed by atoms with van der Waals surface area (Å²) in [5, 5.41) is 14.9. The number of nitrogens with one attached hydrogen (secondary N) is 2. The number of unbranched alkanes of at least 4 members (excludes halogenated alkanes) is 4. The third-order valence-corrected chi connectivity index (χ3v) is 8.67. The highest BCUT2D eigenvalue weighted by Crippen LogP contribution is 2.25. The summed E-state index contributed by atoms with van der Waals surface area (Å²) in [5.41, 5.74) is 4.88. The van der Waals surface area contributed by atoms with E-state index in [1.165, 1.54) is 25.7 Å². The van der Waals surface area contributed by atoms with Crippen LogP contribution in [0.4, 0.5) is 0 Å². The third-order valence-electron chi connectivity index (χ3n) is 8.67. The van der Waals surface area contributed by atoms with E-state index in [1.807, 2.05) is 60.7 Å². The number of carboxylic acid groups (broad SMARTS) is 1. The molecule has 50 heavy (non-hydrogen) atoms. The summed E-state index contributed by atoms with van der Waals surface area (Å²) in [5.74, 6) is -0.712. The van der Waals surface area contributed by atoms with Crippen molar-refractivity contribution in [2.45, 2.75) is 97.1 Å². The summed E-state index contributed by atoms with van der Waals surface area (Å²) in [6.07, 6.45) is 9.95. The van der Waals surface area contributed by atoms with Crippen LogP contribution in [0, 0.1) is 0 Å². The van der Waals surface area contributed by atoms with Gasteiger partial charge in [-0.15, -0.1) is 0 Å². The largest absolute Gasteiger partial charge is 0.494 e. The molecule has 0 bridgehead atoms. The Hall–Kier alpha value is -5.05. The summed E-state index contributed by atoms with van der Waals surface area (Å²) in [7, 11) is 0. The Morgan fingerprint density at radius 3 is 1.94 bits per heavy atom. The number of hydrogen-bond acceptors (Lipinski definition) is 6. The van der Waals surface area contributed by atoms with Crippen LogP contribution in [0.3, 0.4) is 0 Å². The number of aliphatic carboxylic acids is 1. The van der Waals surface area contributed by atoms with Gasteiger partial charge in [0.15, 0.2) is 5.82 Å². The van der Waals surface area contributed by atoms with Crippen LogP contribution in [-0.2, 0) is 21.4 Å². The number of carbonyl (C=O) groups is 3. The van der Waals surface area contributed by atoms with Crippen LogP contribution in [-0.4, -0.2) is 51.5 Å². The van der Waals surface area contributed by atoms with Crippen LogP contribution >= 0.6 is 0 Å². The first-order valence-electron chi connectivity index (χ1n) is 17.6. The fraction of sp³-hybridized carbons (Fsp3) is 0.390. The maximum absolute atomic E-state index is 13.3. The van der Waals surface area contributed by atoms with Crippen molar-refractivity contribution in [2.75, 3.05) is 6.61 Å². The maximum Gasteiger partial charge on any atom is 0.326 e. The minimum Gasteiger partial charge on any atom is -0.494 e. The van der Waals surface area contributed by atoms with Gasteiger partial charge in [-0.05, 0) is 59.2 Å². The van der Waals surface area contributed by atoms with E-state index in [-0.39, 0.29) is 18.3 Å². The number of amides is 2. The molecule has 9 heteroatoms. The molecule has 3 aromatic carbocycles. The molecular formula is C41H50N4O5. The van der Waals surface area contributed by atoms with E-state index in [0.717, 1.165) is 46.6 Å². The molecule has 0 aliphatic heterocycles. The molecule has 0 radical (unpaired) electrons. The van der Waals surface area contributed by atoms with E-state index in [9.17, 15) is 19.5 Å². The molecule has 0 saturated carbocycles. The zero-order chi connectivity index (χ0) is 36.1. The normalized spacial score (nSPS) is 12.5. The fourth-order valence-electron chi connectivity index (χ4n) is 5.47. The lowest BCUT2D eigenvalue weighted by molar-refractivity contribution is -0.142. The first-order valence-corrected chi connectivity index (χ1v) is 17.6. The van der Waals surface area contributed by atoms with Gasteiger partial charge in [0.1, 0.15) is 17.8 Å². The minimum absolute atomic E-state index is 0.0720. The van der Waals surface area contributed by atoms with Gasteiger partial charge in [-0.1, -0.05) is 109 Å². The summed E-state index contributed by atoms with van der Waals surface area (Å²) in [6.45, 7) is 10.9. The predicted molar refractivity (Wildman–Crippen MR) is 197 cm³/mol. The lowest BCUT2D eigenvalue weighted by atomic mass is 9.86. The third kappa shape index (κ3) is 11.0. The van der Waals surface area contributed by atoms with Crippen LogP contribution in [0.15, 0.2) is 85.2 Å². The van der Waals surface area contributed by atoms with Gasteiger partial charge >= 0.3 is 5.97 Å². The average molecular weight is 679 g/mol. The highest BCUT2D eigenvalue weighted by molar-refractivity contribution is 5.98. The molecule has 1 aromatic heterocycles. The molecule has 9 nitrogen and oxygen atoms in total. The molecule has 0 aliphatic carbocycles. The Morgan fingerprint density at radius 1 is 0.740 bits per heavy atom. The summed E-state index contributed by atoms with van der Waals surface area (Å²) in [4.78, 5) is 47.4. The van der Waals surface area contributed by atoms with E-state index in [1.54, 1.807) is 31.5 Å². The Bertz CT molecular complexity index is 1680. The first-order chi connectivity index (χ1) is 24.0. The second-order valence-corrected chi connectivity index (χ2v) is 13.6. The molecule has 1 heterocycles. The van der Waals surface area contributed by atoms with Crippen molar-refractivity contribution in [3.63, 3.8) is 0 Å². The fourth-order valence-corrected chi connectivity index (χ4v) is 5.47.